The molecule has 3 nitrogen and oxygen atoms in total. The zero-order valence-corrected chi connectivity index (χ0v) is 10.00. The van der Waals surface area contributed by atoms with Crippen LogP contribution in [0.3, 0.4) is 0 Å². The van der Waals surface area contributed by atoms with Gasteiger partial charge in [0.25, 0.3) is 0 Å². The summed E-state index contributed by atoms with van der Waals surface area (Å²) in [6, 6.07) is 8.44. The zero-order chi connectivity index (χ0) is 11.4. The summed E-state index contributed by atoms with van der Waals surface area (Å²) >= 11 is 1.67. The van der Waals surface area contributed by atoms with Gasteiger partial charge >= 0.3 is 0 Å². The molecule has 2 aromatic rings. The maximum Gasteiger partial charge on any atom is 0.165 e. The van der Waals surface area contributed by atoms with Gasteiger partial charge < -0.3 is 10.7 Å². The zero-order valence-electron chi connectivity index (χ0n) is 9.18. The minimum absolute atomic E-state index is 0.256. The van der Waals surface area contributed by atoms with Gasteiger partial charge in [-0.3, -0.25) is 0 Å². The highest BCUT2D eigenvalue weighted by Gasteiger charge is 2.12. The van der Waals surface area contributed by atoms with E-state index in [-0.39, 0.29) is 5.25 Å². The van der Waals surface area contributed by atoms with Crippen molar-refractivity contribution in [1.82, 2.24) is 9.97 Å². The molecule has 84 valence electrons. The van der Waals surface area contributed by atoms with Crippen molar-refractivity contribution in [1.29, 1.82) is 0 Å². The van der Waals surface area contributed by atoms with Crippen molar-refractivity contribution in [3.8, 4) is 0 Å². The molecule has 0 radical (unpaired) electrons. The van der Waals surface area contributed by atoms with Crippen molar-refractivity contribution in [3.63, 3.8) is 0 Å². The second kappa shape index (κ2) is 5.18. The largest absolute Gasteiger partial charge is 0.340 e. The average Bonchev–Trinajstić information content (AvgIpc) is 2.78. The SMILES string of the molecule is Cc1cccc(C(CN)Sc2ncc[nH]2)c1. The monoisotopic (exact) mass is 233 g/mol. The quantitative estimate of drug-likeness (QED) is 0.798. The standard InChI is InChI=1S/C12H15N3S/c1-9-3-2-4-10(7-9)11(8-13)16-12-14-5-6-15-12/h2-7,11H,8,13H2,1H3,(H,14,15). The maximum absolute atomic E-state index is 5.81. The summed E-state index contributed by atoms with van der Waals surface area (Å²) in [5, 5.41) is 1.17. The van der Waals surface area contributed by atoms with Crippen LogP contribution in [0.2, 0.25) is 0 Å². The second-order valence-corrected chi connectivity index (χ2v) is 4.84. The van der Waals surface area contributed by atoms with E-state index in [1.807, 2.05) is 6.20 Å². The van der Waals surface area contributed by atoms with E-state index in [0.717, 1.165) is 5.16 Å². The van der Waals surface area contributed by atoms with E-state index in [1.54, 1.807) is 18.0 Å². The first-order valence-electron chi connectivity index (χ1n) is 5.22. The molecule has 0 fully saturated rings. The number of thioether (sulfide) groups is 1. The Morgan fingerprint density at radius 3 is 3.00 bits per heavy atom. The van der Waals surface area contributed by atoms with Crippen LogP contribution in [-0.2, 0) is 0 Å². The lowest BCUT2D eigenvalue weighted by atomic mass is 10.1. The Morgan fingerprint density at radius 1 is 1.50 bits per heavy atom. The molecule has 0 saturated carbocycles. The molecule has 0 bridgehead atoms. The molecule has 0 aliphatic heterocycles. The van der Waals surface area contributed by atoms with Crippen LogP contribution in [0.5, 0.6) is 0 Å². The van der Waals surface area contributed by atoms with Crippen molar-refractivity contribution in [2.45, 2.75) is 17.3 Å². The van der Waals surface area contributed by atoms with Crippen LogP contribution in [0.4, 0.5) is 0 Å². The fourth-order valence-corrected chi connectivity index (χ4v) is 2.48. The number of hydrogen-bond acceptors (Lipinski definition) is 3. The Hall–Kier alpha value is -1.26. The number of H-pyrrole nitrogens is 1. The normalized spacial score (nSPS) is 12.6. The number of aromatic nitrogens is 2. The van der Waals surface area contributed by atoms with E-state index in [0.29, 0.717) is 6.54 Å². The van der Waals surface area contributed by atoms with Crippen molar-refractivity contribution in [2.24, 2.45) is 5.73 Å². The molecule has 0 amide bonds. The minimum atomic E-state index is 0.256. The van der Waals surface area contributed by atoms with Crippen LogP contribution in [0, 0.1) is 6.92 Å². The number of aromatic amines is 1. The van der Waals surface area contributed by atoms with E-state index in [2.05, 4.69) is 41.2 Å². The molecule has 1 aromatic carbocycles. The lowest BCUT2D eigenvalue weighted by Gasteiger charge is -2.13. The fraction of sp³-hybridized carbons (Fsp3) is 0.250. The molecule has 1 atom stereocenters. The highest BCUT2D eigenvalue weighted by atomic mass is 32.2. The Morgan fingerprint density at radius 2 is 2.38 bits per heavy atom. The third-order valence-corrected chi connectivity index (χ3v) is 3.55. The number of hydrogen-bond donors (Lipinski definition) is 2. The summed E-state index contributed by atoms with van der Waals surface area (Å²) in [4.78, 5) is 7.29. The van der Waals surface area contributed by atoms with Crippen LogP contribution in [0.25, 0.3) is 0 Å². The van der Waals surface area contributed by atoms with Gasteiger partial charge in [0.05, 0.1) is 0 Å². The van der Waals surface area contributed by atoms with E-state index < -0.39 is 0 Å². The molecule has 2 rings (SSSR count). The first-order chi connectivity index (χ1) is 7.79. The van der Waals surface area contributed by atoms with Gasteiger partial charge in [-0.1, -0.05) is 41.6 Å². The molecule has 0 aliphatic rings. The first-order valence-corrected chi connectivity index (χ1v) is 6.10. The Labute approximate surface area is 99.5 Å². The van der Waals surface area contributed by atoms with Gasteiger partial charge in [-0.15, -0.1) is 0 Å². The van der Waals surface area contributed by atoms with Crippen molar-refractivity contribution in [3.05, 3.63) is 47.8 Å². The van der Waals surface area contributed by atoms with Gasteiger partial charge in [-0.2, -0.15) is 0 Å². The van der Waals surface area contributed by atoms with Crippen molar-refractivity contribution in [2.75, 3.05) is 6.54 Å². The van der Waals surface area contributed by atoms with E-state index in [9.17, 15) is 0 Å². The van der Waals surface area contributed by atoms with Crippen molar-refractivity contribution >= 4 is 11.8 Å². The summed E-state index contributed by atoms with van der Waals surface area (Å²) < 4.78 is 0. The molecule has 16 heavy (non-hydrogen) atoms. The lowest BCUT2D eigenvalue weighted by Crippen LogP contribution is -2.09. The van der Waals surface area contributed by atoms with Crippen LogP contribution in [0.15, 0.2) is 41.8 Å². The average molecular weight is 233 g/mol. The van der Waals surface area contributed by atoms with E-state index in [4.69, 9.17) is 5.73 Å². The van der Waals surface area contributed by atoms with Crippen LogP contribution < -0.4 is 5.73 Å². The molecular weight excluding hydrogens is 218 g/mol. The van der Waals surface area contributed by atoms with Gasteiger partial charge in [-0.05, 0) is 12.5 Å². The number of imidazole rings is 1. The Bertz CT molecular complexity index is 439. The molecule has 1 heterocycles. The highest BCUT2D eigenvalue weighted by molar-refractivity contribution is 7.99. The number of nitrogens with zero attached hydrogens (tertiary/aromatic N) is 1. The number of nitrogens with one attached hydrogen (secondary N) is 1. The summed E-state index contributed by atoms with van der Waals surface area (Å²) in [6.07, 6.45) is 3.58. The fourth-order valence-electron chi connectivity index (χ4n) is 1.57. The van der Waals surface area contributed by atoms with Crippen LogP contribution >= 0.6 is 11.8 Å². The molecule has 0 spiro atoms. The Kier molecular flexibility index (Phi) is 3.64. The van der Waals surface area contributed by atoms with Crippen molar-refractivity contribution < 1.29 is 0 Å². The first kappa shape index (κ1) is 11.2. The maximum atomic E-state index is 5.81. The minimum Gasteiger partial charge on any atom is -0.340 e. The molecule has 0 saturated heterocycles. The second-order valence-electron chi connectivity index (χ2n) is 3.65. The highest BCUT2D eigenvalue weighted by Crippen LogP contribution is 2.32. The lowest BCUT2D eigenvalue weighted by molar-refractivity contribution is 0.925. The Balaban J connectivity index is 2.16. The van der Waals surface area contributed by atoms with Crippen LogP contribution in [-0.4, -0.2) is 16.5 Å². The van der Waals surface area contributed by atoms with E-state index in [1.165, 1.54) is 11.1 Å². The van der Waals surface area contributed by atoms with Gasteiger partial charge in [0.1, 0.15) is 0 Å². The summed E-state index contributed by atoms with van der Waals surface area (Å²) in [5.41, 5.74) is 8.32. The summed E-state index contributed by atoms with van der Waals surface area (Å²) in [5.74, 6) is 0. The predicted molar refractivity (Wildman–Crippen MR) is 67.4 cm³/mol. The number of aryl methyl sites for hydroxylation is 1. The van der Waals surface area contributed by atoms with Crippen LogP contribution in [0.1, 0.15) is 16.4 Å². The summed E-state index contributed by atoms with van der Waals surface area (Å²) in [6.45, 7) is 2.70. The third kappa shape index (κ3) is 2.65. The van der Waals surface area contributed by atoms with E-state index >= 15 is 0 Å². The molecule has 1 aromatic heterocycles. The molecule has 1 unspecified atom stereocenters. The molecule has 0 aliphatic carbocycles. The van der Waals surface area contributed by atoms with Gasteiger partial charge in [-0.25, -0.2) is 4.98 Å². The molecule has 3 N–H and O–H groups in total. The van der Waals surface area contributed by atoms with Gasteiger partial charge in [0.2, 0.25) is 0 Å². The van der Waals surface area contributed by atoms with Gasteiger partial charge in [0.15, 0.2) is 5.16 Å². The number of nitrogens with two attached hydrogens (primary N) is 1. The number of rotatable bonds is 4. The molecule has 4 heteroatoms. The third-order valence-electron chi connectivity index (χ3n) is 2.36. The smallest absolute Gasteiger partial charge is 0.165 e. The number of benzene rings is 1. The predicted octanol–water partition coefficient (Wildman–Crippen LogP) is 2.51. The summed E-state index contributed by atoms with van der Waals surface area (Å²) in [7, 11) is 0. The van der Waals surface area contributed by atoms with Gasteiger partial charge in [0, 0.05) is 24.2 Å². The molecular formula is C12H15N3S. The topological polar surface area (TPSA) is 54.7 Å².